The largest absolute Gasteiger partial charge is 0.419 e. The van der Waals surface area contributed by atoms with Gasteiger partial charge in [-0.25, -0.2) is 4.98 Å². The summed E-state index contributed by atoms with van der Waals surface area (Å²) < 4.78 is 7.14. The molecule has 5 nitrogen and oxygen atoms in total. The number of aromatic nitrogens is 3. The van der Waals surface area contributed by atoms with E-state index in [0.29, 0.717) is 29.3 Å². The highest BCUT2D eigenvalue weighted by atomic mass is 35.5. The van der Waals surface area contributed by atoms with Crippen LogP contribution in [0.5, 0.6) is 0 Å². The summed E-state index contributed by atoms with van der Waals surface area (Å²) in [5, 5.41) is 10.4. The Morgan fingerprint density at radius 2 is 1.96 bits per heavy atom. The van der Waals surface area contributed by atoms with Crippen molar-refractivity contribution in [2.24, 2.45) is 0 Å². The molecule has 142 valence electrons. The molecule has 4 aromatic rings. The fourth-order valence-corrected chi connectivity index (χ4v) is 4.90. The number of hydrogen-bond acceptors (Lipinski definition) is 6. The lowest BCUT2D eigenvalue weighted by Crippen LogP contribution is -2.33. The van der Waals surface area contributed by atoms with Crippen LogP contribution in [0.4, 0.5) is 0 Å². The zero-order valence-electron chi connectivity index (χ0n) is 15.2. The molecule has 1 atom stereocenters. The lowest BCUT2D eigenvalue weighted by molar-refractivity contribution is 0.184. The molecule has 1 fully saturated rings. The first-order valence-corrected chi connectivity index (χ1v) is 10.6. The average Bonchev–Trinajstić information content (AvgIpc) is 3.36. The number of piperidine rings is 1. The molecule has 0 bridgehead atoms. The molecule has 0 saturated carbocycles. The Balaban J connectivity index is 1.28. The summed E-state index contributed by atoms with van der Waals surface area (Å²) in [6.45, 7) is 2.68. The Morgan fingerprint density at radius 1 is 1.11 bits per heavy atom. The molecule has 0 amide bonds. The summed E-state index contributed by atoms with van der Waals surface area (Å²) in [6.07, 6.45) is 2.33. The van der Waals surface area contributed by atoms with Crippen molar-refractivity contribution < 1.29 is 4.42 Å². The van der Waals surface area contributed by atoms with Crippen LogP contribution in [0.15, 0.2) is 52.9 Å². The molecular formula is C21H19ClN4OS. The molecule has 0 spiro atoms. The average molecular weight is 411 g/mol. The van der Waals surface area contributed by atoms with E-state index in [0.717, 1.165) is 30.6 Å². The summed E-state index contributed by atoms with van der Waals surface area (Å²) in [7, 11) is 0. The molecule has 1 saturated heterocycles. The minimum absolute atomic E-state index is 0.463. The number of para-hydroxylation sites is 1. The zero-order chi connectivity index (χ0) is 18.9. The Morgan fingerprint density at radius 3 is 2.82 bits per heavy atom. The van der Waals surface area contributed by atoms with E-state index >= 15 is 0 Å². The molecule has 0 radical (unpaired) electrons. The van der Waals surface area contributed by atoms with Crippen LogP contribution in [0.3, 0.4) is 0 Å². The van der Waals surface area contributed by atoms with Crippen molar-refractivity contribution in [1.29, 1.82) is 0 Å². The fraction of sp³-hybridized carbons (Fsp3) is 0.286. The van der Waals surface area contributed by atoms with E-state index in [2.05, 4.69) is 33.3 Å². The standard InChI is InChI=1S/C21H19ClN4OS/c22-16-9-7-14(8-10-16)20-25-24-19(27-20)13-26-11-3-4-15(12-26)21-23-17-5-1-2-6-18(17)28-21/h1-2,5-10,15H,3-4,11-13H2/t15-/m1/s1. The van der Waals surface area contributed by atoms with Crippen LogP contribution < -0.4 is 0 Å². The number of rotatable bonds is 4. The lowest BCUT2D eigenvalue weighted by Gasteiger charge is -2.30. The van der Waals surface area contributed by atoms with Gasteiger partial charge in [0.2, 0.25) is 11.8 Å². The SMILES string of the molecule is Clc1ccc(-c2nnc(CN3CCC[C@@H](c4nc5ccccc5s4)C3)o2)cc1. The highest BCUT2D eigenvalue weighted by molar-refractivity contribution is 7.18. The topological polar surface area (TPSA) is 55.1 Å². The quantitative estimate of drug-likeness (QED) is 0.452. The van der Waals surface area contributed by atoms with Gasteiger partial charge in [0.15, 0.2) is 0 Å². The second-order valence-electron chi connectivity index (χ2n) is 7.10. The first-order chi connectivity index (χ1) is 13.7. The van der Waals surface area contributed by atoms with Crippen molar-refractivity contribution >= 4 is 33.2 Å². The van der Waals surface area contributed by atoms with Crippen molar-refractivity contribution in [3.8, 4) is 11.5 Å². The number of likely N-dealkylation sites (tertiary alicyclic amines) is 1. The number of benzene rings is 2. The van der Waals surface area contributed by atoms with Gasteiger partial charge in [0.1, 0.15) is 0 Å². The first-order valence-electron chi connectivity index (χ1n) is 9.41. The second kappa shape index (κ2) is 7.62. The van der Waals surface area contributed by atoms with E-state index in [4.69, 9.17) is 21.0 Å². The molecule has 5 rings (SSSR count). The Bertz CT molecular complexity index is 1060. The van der Waals surface area contributed by atoms with Crippen LogP contribution in [0, 0.1) is 0 Å². The van der Waals surface area contributed by atoms with Crippen molar-refractivity contribution in [3.05, 3.63) is 64.5 Å². The van der Waals surface area contributed by atoms with Crippen LogP contribution in [0.1, 0.15) is 29.7 Å². The van der Waals surface area contributed by atoms with Gasteiger partial charge in [-0.3, -0.25) is 4.90 Å². The molecule has 0 unspecified atom stereocenters. The normalized spacial score (nSPS) is 18.0. The number of halogens is 1. The third-order valence-electron chi connectivity index (χ3n) is 5.08. The van der Waals surface area contributed by atoms with E-state index in [9.17, 15) is 0 Å². The monoisotopic (exact) mass is 410 g/mol. The van der Waals surface area contributed by atoms with Crippen LogP contribution >= 0.6 is 22.9 Å². The molecule has 3 heterocycles. The smallest absolute Gasteiger partial charge is 0.247 e. The molecule has 0 N–H and O–H groups in total. The van der Waals surface area contributed by atoms with E-state index < -0.39 is 0 Å². The van der Waals surface area contributed by atoms with E-state index in [1.54, 1.807) is 0 Å². The highest BCUT2D eigenvalue weighted by Crippen LogP contribution is 2.33. The summed E-state index contributed by atoms with van der Waals surface area (Å²) in [4.78, 5) is 7.25. The van der Waals surface area contributed by atoms with E-state index in [1.807, 2.05) is 41.7 Å². The van der Waals surface area contributed by atoms with Crippen LogP contribution in [0.25, 0.3) is 21.7 Å². The van der Waals surface area contributed by atoms with Crippen molar-refractivity contribution in [3.63, 3.8) is 0 Å². The fourth-order valence-electron chi connectivity index (χ4n) is 3.68. The Hall–Kier alpha value is -2.28. The van der Waals surface area contributed by atoms with Gasteiger partial charge in [0.05, 0.1) is 21.8 Å². The summed E-state index contributed by atoms with van der Waals surface area (Å²) in [6, 6.07) is 15.8. The predicted octanol–water partition coefficient (Wildman–Crippen LogP) is 5.38. The third-order valence-corrected chi connectivity index (χ3v) is 6.53. The van der Waals surface area contributed by atoms with E-state index in [1.165, 1.54) is 16.1 Å². The molecule has 28 heavy (non-hydrogen) atoms. The van der Waals surface area contributed by atoms with Gasteiger partial charge in [0, 0.05) is 23.0 Å². The highest BCUT2D eigenvalue weighted by Gasteiger charge is 2.25. The maximum Gasteiger partial charge on any atom is 0.247 e. The summed E-state index contributed by atoms with van der Waals surface area (Å²) in [5.41, 5.74) is 1.98. The molecule has 1 aliphatic heterocycles. The van der Waals surface area contributed by atoms with Gasteiger partial charge in [-0.15, -0.1) is 21.5 Å². The van der Waals surface area contributed by atoms with Gasteiger partial charge < -0.3 is 4.42 Å². The van der Waals surface area contributed by atoms with E-state index in [-0.39, 0.29) is 0 Å². The van der Waals surface area contributed by atoms with Crippen molar-refractivity contribution in [2.75, 3.05) is 13.1 Å². The molecule has 7 heteroatoms. The maximum absolute atomic E-state index is 5.95. The number of nitrogens with zero attached hydrogens (tertiary/aromatic N) is 4. The first kappa shape index (κ1) is 17.8. The van der Waals surface area contributed by atoms with Gasteiger partial charge in [-0.2, -0.15) is 0 Å². The van der Waals surface area contributed by atoms with Crippen LogP contribution in [-0.2, 0) is 6.54 Å². The number of hydrogen-bond donors (Lipinski definition) is 0. The minimum atomic E-state index is 0.463. The van der Waals surface area contributed by atoms with Crippen molar-refractivity contribution in [2.45, 2.75) is 25.3 Å². The van der Waals surface area contributed by atoms with Crippen LogP contribution in [0.2, 0.25) is 5.02 Å². The molecular weight excluding hydrogens is 392 g/mol. The molecule has 1 aliphatic rings. The molecule has 2 aromatic heterocycles. The number of fused-ring (bicyclic) bond motifs is 1. The summed E-state index contributed by atoms with van der Waals surface area (Å²) in [5.74, 6) is 1.64. The lowest BCUT2D eigenvalue weighted by atomic mass is 9.99. The Labute approximate surface area is 172 Å². The van der Waals surface area contributed by atoms with Gasteiger partial charge in [-0.1, -0.05) is 23.7 Å². The maximum atomic E-state index is 5.95. The molecule has 0 aliphatic carbocycles. The predicted molar refractivity (Wildman–Crippen MR) is 112 cm³/mol. The minimum Gasteiger partial charge on any atom is -0.419 e. The van der Waals surface area contributed by atoms with Gasteiger partial charge in [0.25, 0.3) is 0 Å². The Kier molecular flexibility index (Phi) is 4.84. The van der Waals surface area contributed by atoms with Crippen molar-refractivity contribution in [1.82, 2.24) is 20.1 Å². The second-order valence-corrected chi connectivity index (χ2v) is 8.60. The zero-order valence-corrected chi connectivity index (χ0v) is 16.8. The van der Waals surface area contributed by atoms with Crippen LogP contribution in [-0.4, -0.2) is 33.2 Å². The third kappa shape index (κ3) is 3.68. The van der Waals surface area contributed by atoms with Gasteiger partial charge in [-0.05, 0) is 55.8 Å². The molecule has 2 aromatic carbocycles. The summed E-state index contributed by atoms with van der Waals surface area (Å²) >= 11 is 7.76. The number of thiazole rings is 1. The van der Waals surface area contributed by atoms with Gasteiger partial charge >= 0.3 is 0 Å².